The van der Waals surface area contributed by atoms with Crippen LogP contribution in [0.2, 0.25) is 0 Å². The van der Waals surface area contributed by atoms with E-state index in [0.29, 0.717) is 5.89 Å². The fourth-order valence-corrected chi connectivity index (χ4v) is 1.73. The van der Waals surface area contributed by atoms with Crippen LogP contribution in [0.3, 0.4) is 0 Å². The van der Waals surface area contributed by atoms with Crippen LogP contribution in [0.25, 0.3) is 23.3 Å². The summed E-state index contributed by atoms with van der Waals surface area (Å²) in [5.74, 6) is 0.604. The smallest absolute Gasteiger partial charge is 0.219 e. The summed E-state index contributed by atoms with van der Waals surface area (Å²) in [6.07, 6.45) is 9.33. The van der Waals surface area contributed by atoms with Gasteiger partial charge in [-0.2, -0.15) is 0 Å². The van der Waals surface area contributed by atoms with Gasteiger partial charge >= 0.3 is 0 Å². The summed E-state index contributed by atoms with van der Waals surface area (Å²) >= 11 is 0. The summed E-state index contributed by atoms with van der Waals surface area (Å²) in [6, 6.07) is 13.5. The van der Waals surface area contributed by atoms with Crippen LogP contribution >= 0.6 is 0 Å². The van der Waals surface area contributed by atoms with Crippen LogP contribution in [-0.4, -0.2) is 9.97 Å². The minimum atomic E-state index is 0.604. The normalized spacial score (nSPS) is 11.8. The molecule has 3 rings (SSSR count). The minimum absolute atomic E-state index is 0.604. The summed E-state index contributed by atoms with van der Waals surface area (Å²) in [7, 11) is 0. The molecule has 0 N–H and O–H groups in total. The van der Waals surface area contributed by atoms with E-state index in [9.17, 15) is 0 Å². The first-order valence-electron chi connectivity index (χ1n) is 6.03. The molecule has 0 spiro atoms. The molecule has 0 saturated carbocycles. The van der Waals surface area contributed by atoms with Crippen LogP contribution in [0, 0.1) is 0 Å². The molecule has 3 nitrogen and oxygen atoms in total. The Morgan fingerprint density at radius 2 is 1.74 bits per heavy atom. The van der Waals surface area contributed by atoms with E-state index in [1.54, 1.807) is 6.20 Å². The highest BCUT2D eigenvalue weighted by molar-refractivity contribution is 5.73. The molecule has 0 fully saturated rings. The van der Waals surface area contributed by atoms with E-state index in [0.717, 1.165) is 16.8 Å². The monoisotopic (exact) mass is 248 g/mol. The zero-order chi connectivity index (χ0) is 12.9. The second-order valence-electron chi connectivity index (χ2n) is 3.99. The van der Waals surface area contributed by atoms with E-state index in [4.69, 9.17) is 4.42 Å². The molecule has 0 saturated heterocycles. The zero-order valence-electron chi connectivity index (χ0n) is 10.2. The van der Waals surface area contributed by atoms with Gasteiger partial charge < -0.3 is 4.42 Å². The maximum Gasteiger partial charge on any atom is 0.219 e. The second kappa shape index (κ2) is 5.31. The van der Waals surface area contributed by atoms with E-state index in [-0.39, 0.29) is 0 Å². The third-order valence-corrected chi connectivity index (χ3v) is 2.62. The number of pyridine rings is 1. The first kappa shape index (κ1) is 11.4. The van der Waals surface area contributed by atoms with Crippen molar-refractivity contribution >= 4 is 23.3 Å². The lowest BCUT2D eigenvalue weighted by molar-refractivity contribution is 0.589. The Hall–Kier alpha value is -2.68. The number of hydrogen-bond donors (Lipinski definition) is 0. The van der Waals surface area contributed by atoms with Crippen molar-refractivity contribution < 1.29 is 4.42 Å². The quantitative estimate of drug-likeness (QED) is 0.659. The molecule has 0 aliphatic rings. The highest BCUT2D eigenvalue weighted by Crippen LogP contribution is 2.15. The first-order valence-corrected chi connectivity index (χ1v) is 6.03. The summed E-state index contributed by atoms with van der Waals surface area (Å²) < 4.78 is 5.57. The standard InChI is InChI=1S/C16H12N2O/c1(7-13-8-5-6-12-17-13)4-11-16-18-14-9-2-3-10-15(14)19-16/h1-12H/b7-1+,11-4+. The van der Waals surface area contributed by atoms with E-state index < -0.39 is 0 Å². The number of allylic oxidation sites excluding steroid dienone is 2. The summed E-state index contributed by atoms with van der Waals surface area (Å²) in [4.78, 5) is 8.55. The van der Waals surface area contributed by atoms with Crippen molar-refractivity contribution in [2.75, 3.05) is 0 Å². The van der Waals surface area contributed by atoms with Crippen LogP contribution < -0.4 is 0 Å². The van der Waals surface area contributed by atoms with Gasteiger partial charge in [0.25, 0.3) is 0 Å². The molecule has 0 aliphatic heterocycles. The summed E-state index contributed by atoms with van der Waals surface area (Å²) in [5, 5.41) is 0. The molecule has 2 heterocycles. The van der Waals surface area contributed by atoms with Crippen molar-refractivity contribution in [1.82, 2.24) is 9.97 Å². The van der Waals surface area contributed by atoms with E-state index in [1.165, 1.54) is 0 Å². The van der Waals surface area contributed by atoms with Crippen molar-refractivity contribution in [3.63, 3.8) is 0 Å². The molecular formula is C16H12N2O. The Labute approximate surface area is 110 Å². The van der Waals surface area contributed by atoms with Crippen LogP contribution in [0.1, 0.15) is 11.6 Å². The highest BCUT2D eigenvalue weighted by atomic mass is 16.3. The van der Waals surface area contributed by atoms with Gasteiger partial charge in [-0.3, -0.25) is 4.98 Å². The van der Waals surface area contributed by atoms with Gasteiger partial charge in [0.05, 0.1) is 5.69 Å². The molecule has 92 valence electrons. The Morgan fingerprint density at radius 3 is 2.58 bits per heavy atom. The fourth-order valence-electron chi connectivity index (χ4n) is 1.73. The van der Waals surface area contributed by atoms with Crippen LogP contribution in [0.5, 0.6) is 0 Å². The van der Waals surface area contributed by atoms with Gasteiger partial charge in [-0.25, -0.2) is 4.98 Å². The number of rotatable bonds is 3. The van der Waals surface area contributed by atoms with Gasteiger partial charge in [-0.05, 0) is 30.3 Å². The lowest BCUT2D eigenvalue weighted by Crippen LogP contribution is -1.75. The van der Waals surface area contributed by atoms with Crippen molar-refractivity contribution in [2.45, 2.75) is 0 Å². The maximum atomic E-state index is 5.57. The topological polar surface area (TPSA) is 38.9 Å². The summed E-state index contributed by atoms with van der Waals surface area (Å²) in [6.45, 7) is 0. The van der Waals surface area contributed by atoms with Crippen LogP contribution in [0.4, 0.5) is 0 Å². The molecule has 0 unspecified atom stereocenters. The average Bonchev–Trinajstić information content (AvgIpc) is 2.87. The lowest BCUT2D eigenvalue weighted by atomic mass is 10.3. The van der Waals surface area contributed by atoms with E-state index >= 15 is 0 Å². The lowest BCUT2D eigenvalue weighted by Gasteiger charge is -1.87. The highest BCUT2D eigenvalue weighted by Gasteiger charge is 1.99. The Kier molecular flexibility index (Phi) is 3.19. The molecule has 3 heteroatoms. The van der Waals surface area contributed by atoms with Gasteiger partial charge in [0.15, 0.2) is 5.58 Å². The molecule has 0 amide bonds. The molecule has 1 aromatic carbocycles. The third kappa shape index (κ3) is 2.77. The fraction of sp³-hybridized carbons (Fsp3) is 0. The molecular weight excluding hydrogens is 236 g/mol. The number of fused-ring (bicyclic) bond motifs is 1. The predicted octanol–water partition coefficient (Wildman–Crippen LogP) is 3.95. The van der Waals surface area contributed by atoms with E-state index in [2.05, 4.69) is 9.97 Å². The Bertz CT molecular complexity index is 694. The van der Waals surface area contributed by atoms with Gasteiger partial charge in [-0.15, -0.1) is 0 Å². The Morgan fingerprint density at radius 1 is 0.895 bits per heavy atom. The van der Waals surface area contributed by atoms with E-state index in [1.807, 2.05) is 66.8 Å². The van der Waals surface area contributed by atoms with Crippen molar-refractivity contribution in [1.29, 1.82) is 0 Å². The van der Waals surface area contributed by atoms with Crippen molar-refractivity contribution in [3.8, 4) is 0 Å². The van der Waals surface area contributed by atoms with Crippen molar-refractivity contribution in [3.05, 3.63) is 72.4 Å². The molecule has 2 aromatic heterocycles. The molecule has 0 bridgehead atoms. The second-order valence-corrected chi connectivity index (χ2v) is 3.99. The molecule has 3 aromatic rings. The number of oxazole rings is 1. The zero-order valence-corrected chi connectivity index (χ0v) is 10.2. The number of aromatic nitrogens is 2. The van der Waals surface area contributed by atoms with Gasteiger partial charge in [-0.1, -0.05) is 30.4 Å². The third-order valence-electron chi connectivity index (χ3n) is 2.62. The minimum Gasteiger partial charge on any atom is -0.437 e. The van der Waals surface area contributed by atoms with Gasteiger partial charge in [0.1, 0.15) is 5.52 Å². The predicted molar refractivity (Wildman–Crippen MR) is 76.3 cm³/mol. The van der Waals surface area contributed by atoms with Gasteiger partial charge in [0, 0.05) is 12.3 Å². The molecule has 0 aliphatic carbocycles. The number of para-hydroxylation sites is 2. The van der Waals surface area contributed by atoms with Crippen LogP contribution in [0.15, 0.2) is 65.2 Å². The molecule has 0 radical (unpaired) electrons. The maximum absolute atomic E-state index is 5.57. The van der Waals surface area contributed by atoms with Gasteiger partial charge in [0.2, 0.25) is 5.89 Å². The Balaban J connectivity index is 1.74. The SMILES string of the molecule is C(/C=C/c1nc2ccccc2o1)=C\c1ccccn1. The first-order chi connectivity index (χ1) is 9.42. The number of nitrogens with zero attached hydrogens (tertiary/aromatic N) is 2. The molecule has 19 heavy (non-hydrogen) atoms. The largest absolute Gasteiger partial charge is 0.437 e. The molecule has 0 atom stereocenters. The number of hydrogen-bond acceptors (Lipinski definition) is 3. The average molecular weight is 248 g/mol. The number of benzene rings is 1. The van der Waals surface area contributed by atoms with Crippen LogP contribution in [-0.2, 0) is 0 Å². The summed E-state index contributed by atoms with van der Waals surface area (Å²) in [5.41, 5.74) is 2.59. The van der Waals surface area contributed by atoms with Crippen molar-refractivity contribution in [2.24, 2.45) is 0 Å².